The molecule has 0 saturated carbocycles. The number of alkyl carbamates (subject to hydrolysis) is 1. The average molecular weight is 512 g/mol. The quantitative estimate of drug-likeness (QED) is 0.304. The molecular formula is C15H25N7O9S2. The molecule has 3 N–H and O–H groups in total. The summed E-state index contributed by atoms with van der Waals surface area (Å²) in [5.41, 5.74) is -0.550. The molecule has 3 rings (SSSR count). The van der Waals surface area contributed by atoms with E-state index in [9.17, 15) is 26.4 Å². The summed E-state index contributed by atoms with van der Waals surface area (Å²) < 4.78 is 67.0. The second-order valence-electron chi connectivity index (χ2n) is 8.51. The third kappa shape index (κ3) is 5.53. The van der Waals surface area contributed by atoms with Gasteiger partial charge in [-0.2, -0.15) is 31.1 Å². The summed E-state index contributed by atoms with van der Waals surface area (Å²) in [6.45, 7) is 4.64. The molecule has 0 aliphatic carbocycles. The maximum atomic E-state index is 12.8. The molecule has 186 valence electrons. The van der Waals surface area contributed by atoms with Gasteiger partial charge in [0.2, 0.25) is 0 Å². The van der Waals surface area contributed by atoms with Crippen molar-refractivity contribution < 1.29 is 40.0 Å². The molecule has 1 saturated heterocycles. The Bertz CT molecular complexity index is 1160. The number of rotatable bonds is 7. The lowest BCUT2D eigenvalue weighted by molar-refractivity contribution is -0.0317. The molecule has 33 heavy (non-hydrogen) atoms. The van der Waals surface area contributed by atoms with Gasteiger partial charge in [-0.3, -0.25) is 4.55 Å². The molecular weight excluding hydrogens is 486 g/mol. The molecule has 2 atom stereocenters. The first-order valence-corrected chi connectivity index (χ1v) is 12.3. The van der Waals surface area contributed by atoms with Crippen molar-refractivity contribution >= 4 is 32.7 Å². The zero-order chi connectivity index (χ0) is 24.9. The monoisotopic (exact) mass is 511 g/mol. The molecule has 0 radical (unpaired) electrons. The summed E-state index contributed by atoms with van der Waals surface area (Å²) in [6, 6.07) is -3.00. The van der Waals surface area contributed by atoms with E-state index in [4.69, 9.17) is 9.29 Å². The zero-order valence-electron chi connectivity index (χ0n) is 18.4. The number of amides is 3. The van der Waals surface area contributed by atoms with E-state index >= 15 is 0 Å². The fraction of sp³-hybridized carbons (Fsp3) is 0.667. The van der Waals surface area contributed by atoms with Gasteiger partial charge in [-0.05, 0) is 20.8 Å². The van der Waals surface area contributed by atoms with Crippen LogP contribution in [0.2, 0.25) is 0 Å². The first-order chi connectivity index (χ1) is 15.0. The van der Waals surface area contributed by atoms with Crippen LogP contribution in [0.4, 0.5) is 9.59 Å². The topological polar surface area (TPSA) is 193 Å². The minimum atomic E-state index is -5.06. The Balaban J connectivity index is 1.99. The number of fused-ring (bicyclic) bond motifs is 4. The van der Waals surface area contributed by atoms with Crippen LogP contribution >= 0.6 is 0 Å². The number of hydrogen-bond acceptors (Lipinski definition) is 10. The number of ether oxygens (including phenoxy) is 1. The lowest BCUT2D eigenvalue weighted by Crippen LogP contribution is -2.43. The number of hydrogen-bond donors (Lipinski definition) is 3. The Labute approximate surface area is 190 Å². The Hall–Kier alpha value is -2.51. The van der Waals surface area contributed by atoms with Crippen LogP contribution in [0.3, 0.4) is 0 Å². The third-order valence-electron chi connectivity index (χ3n) is 4.45. The first-order valence-electron chi connectivity index (χ1n) is 9.52. The second-order valence-corrected chi connectivity index (χ2v) is 11.0. The van der Waals surface area contributed by atoms with Gasteiger partial charge in [-0.1, -0.05) is 0 Å². The molecule has 0 aromatic carbocycles. The molecule has 18 heteroatoms. The minimum Gasteiger partial charge on any atom is -0.444 e. The molecule has 3 amide bonds. The van der Waals surface area contributed by atoms with Crippen molar-refractivity contribution in [2.75, 3.05) is 27.2 Å². The Kier molecular flexibility index (Phi) is 6.37. The van der Waals surface area contributed by atoms with Crippen molar-refractivity contribution in [1.29, 1.82) is 0 Å². The largest absolute Gasteiger partial charge is 0.444 e. The summed E-state index contributed by atoms with van der Waals surface area (Å²) in [4.78, 5) is 28.2. The summed E-state index contributed by atoms with van der Waals surface area (Å²) in [6.07, 6.45) is 0.313. The number of nitrogens with zero attached hydrogens (tertiary/aromatic N) is 5. The van der Waals surface area contributed by atoms with Gasteiger partial charge in [0.1, 0.15) is 11.6 Å². The number of hydrazine groups is 1. The third-order valence-corrected chi connectivity index (χ3v) is 6.07. The van der Waals surface area contributed by atoms with Crippen molar-refractivity contribution in [1.82, 2.24) is 34.3 Å². The Morgan fingerprint density at radius 3 is 2.48 bits per heavy atom. The lowest BCUT2D eigenvalue weighted by Gasteiger charge is -2.30. The van der Waals surface area contributed by atoms with Crippen LogP contribution in [-0.2, 0) is 29.6 Å². The van der Waals surface area contributed by atoms with E-state index in [1.165, 1.54) is 19.1 Å². The average Bonchev–Trinajstić information content (AvgIpc) is 3.16. The van der Waals surface area contributed by atoms with E-state index in [1.54, 1.807) is 20.8 Å². The van der Waals surface area contributed by atoms with Crippen LogP contribution in [0.15, 0.2) is 6.20 Å². The summed E-state index contributed by atoms with van der Waals surface area (Å²) in [5, 5.41) is 8.15. The van der Waals surface area contributed by atoms with E-state index in [0.29, 0.717) is 9.15 Å². The normalized spacial score (nSPS) is 20.9. The van der Waals surface area contributed by atoms with Gasteiger partial charge in [0.15, 0.2) is 0 Å². The highest BCUT2D eigenvalue weighted by molar-refractivity contribution is 7.87. The zero-order valence-corrected chi connectivity index (χ0v) is 20.0. The molecule has 1 fully saturated rings. The molecule has 0 spiro atoms. The number of urea groups is 1. The highest BCUT2D eigenvalue weighted by atomic mass is 32.3. The van der Waals surface area contributed by atoms with Gasteiger partial charge >= 0.3 is 32.7 Å². The van der Waals surface area contributed by atoms with Crippen LogP contribution in [0, 0.1) is 0 Å². The lowest BCUT2D eigenvalue weighted by atomic mass is 9.98. The van der Waals surface area contributed by atoms with E-state index in [2.05, 4.69) is 19.5 Å². The van der Waals surface area contributed by atoms with Crippen molar-refractivity contribution in [2.45, 2.75) is 38.5 Å². The Morgan fingerprint density at radius 2 is 1.94 bits per heavy atom. The van der Waals surface area contributed by atoms with Crippen molar-refractivity contribution in [2.24, 2.45) is 0 Å². The molecule has 16 nitrogen and oxygen atoms in total. The maximum absolute atomic E-state index is 12.8. The van der Waals surface area contributed by atoms with Gasteiger partial charge in [0.25, 0.3) is 0 Å². The van der Waals surface area contributed by atoms with Crippen LogP contribution in [0.5, 0.6) is 0 Å². The van der Waals surface area contributed by atoms with E-state index in [-0.39, 0.29) is 24.3 Å². The summed E-state index contributed by atoms with van der Waals surface area (Å²) in [7, 11) is -6.34. The Morgan fingerprint density at radius 1 is 1.30 bits per heavy atom. The molecule has 2 aliphatic heterocycles. The standard InChI is InChI=1S/C15H25N7O9S2/c1-15(2,3)30-13(23)16-6-10-12-9(7-21(17-12)32(25,26)18-19(4)5)11-8-20(10)14(24)22(11)31-33(27,28)29/h7,10-11,18H,6,8H2,1-5H3,(H,16,23)(H,27,28,29)/t10-,11-/m1/s1. The highest BCUT2D eigenvalue weighted by Crippen LogP contribution is 2.43. The fourth-order valence-electron chi connectivity index (χ4n) is 3.41. The molecule has 1 aromatic heterocycles. The summed E-state index contributed by atoms with van der Waals surface area (Å²) >= 11 is 0. The highest BCUT2D eigenvalue weighted by Gasteiger charge is 2.52. The molecule has 0 unspecified atom stereocenters. The molecule has 2 aliphatic rings. The SMILES string of the molecule is CN(C)NS(=O)(=O)n1cc2c(n1)[C@@H](CNC(=O)OC(C)(C)C)N1C[C@H]2N(OS(=O)(=O)O)C1=O. The van der Waals surface area contributed by atoms with Crippen LogP contribution in [-0.4, -0.2) is 90.5 Å². The van der Waals surface area contributed by atoms with Crippen molar-refractivity contribution in [3.63, 3.8) is 0 Å². The van der Waals surface area contributed by atoms with Gasteiger partial charge in [0, 0.05) is 32.4 Å². The smallest absolute Gasteiger partial charge is 0.418 e. The van der Waals surface area contributed by atoms with E-state index < -0.39 is 50.4 Å². The van der Waals surface area contributed by atoms with Crippen molar-refractivity contribution in [3.05, 3.63) is 17.5 Å². The van der Waals surface area contributed by atoms with Gasteiger partial charge < -0.3 is 15.0 Å². The second kappa shape index (κ2) is 8.37. The van der Waals surface area contributed by atoms with E-state index in [1.807, 2.05) is 0 Å². The van der Waals surface area contributed by atoms with Gasteiger partial charge in [-0.15, -0.1) is 9.11 Å². The fourth-order valence-corrected chi connectivity index (χ4v) is 4.77. The van der Waals surface area contributed by atoms with Gasteiger partial charge in [-0.25, -0.2) is 14.6 Å². The van der Waals surface area contributed by atoms with E-state index in [0.717, 1.165) is 11.1 Å². The summed E-state index contributed by atoms with van der Waals surface area (Å²) in [5.74, 6) is 0. The molecule has 2 bridgehead atoms. The minimum absolute atomic E-state index is 0.0845. The van der Waals surface area contributed by atoms with Crippen LogP contribution < -0.4 is 10.1 Å². The van der Waals surface area contributed by atoms with Crippen molar-refractivity contribution in [3.8, 4) is 0 Å². The maximum Gasteiger partial charge on any atom is 0.418 e. The number of carbonyl (C=O) groups is 2. The number of carbonyl (C=O) groups excluding carboxylic acids is 2. The number of hydroxylamine groups is 2. The number of nitrogens with one attached hydrogen (secondary N) is 2. The van der Waals surface area contributed by atoms with Crippen LogP contribution in [0.25, 0.3) is 0 Å². The predicted molar refractivity (Wildman–Crippen MR) is 110 cm³/mol. The molecule has 3 heterocycles. The number of aromatic nitrogens is 2. The van der Waals surface area contributed by atoms with Gasteiger partial charge in [0.05, 0.1) is 18.3 Å². The van der Waals surface area contributed by atoms with Crippen LogP contribution in [0.1, 0.15) is 44.1 Å². The first kappa shape index (κ1) is 25.1. The predicted octanol–water partition coefficient (Wildman–Crippen LogP) is -0.865. The molecule has 1 aromatic rings.